The standard InChI is InChI=1S/C18H25N3/c1-4-8-18(9-5-1)14-19-10-11-21(18)13-15-12-20-17-7-3-2-6-16(15)17/h2-3,6-7,12,19-20H,1,4-5,8-11,13-14H2. The average Bonchev–Trinajstić information content (AvgIpc) is 2.94. The molecule has 2 fully saturated rings. The second kappa shape index (κ2) is 5.47. The number of aromatic amines is 1. The van der Waals surface area contributed by atoms with Gasteiger partial charge in [0.1, 0.15) is 0 Å². The van der Waals surface area contributed by atoms with Crippen LogP contribution in [0, 0.1) is 0 Å². The zero-order chi connectivity index (χ0) is 14.1. The van der Waals surface area contributed by atoms with Crippen molar-refractivity contribution in [3.63, 3.8) is 0 Å². The van der Waals surface area contributed by atoms with E-state index in [0.717, 1.165) is 13.1 Å². The SMILES string of the molecule is c1ccc2c(CN3CCNCC34CCCCC4)c[nH]c2c1. The Balaban J connectivity index is 1.62. The van der Waals surface area contributed by atoms with Gasteiger partial charge in [0.2, 0.25) is 0 Å². The summed E-state index contributed by atoms with van der Waals surface area (Å²) >= 11 is 0. The Morgan fingerprint density at radius 2 is 1.95 bits per heavy atom. The molecule has 1 aromatic heterocycles. The maximum absolute atomic E-state index is 3.64. The highest BCUT2D eigenvalue weighted by Gasteiger charge is 2.39. The minimum atomic E-state index is 0.412. The fourth-order valence-electron chi connectivity index (χ4n) is 4.30. The van der Waals surface area contributed by atoms with Crippen molar-refractivity contribution < 1.29 is 0 Å². The van der Waals surface area contributed by atoms with Crippen LogP contribution in [0.2, 0.25) is 0 Å². The molecule has 1 aliphatic carbocycles. The number of rotatable bonds is 2. The number of aromatic nitrogens is 1. The molecule has 1 saturated carbocycles. The molecular weight excluding hydrogens is 258 g/mol. The second-order valence-corrected chi connectivity index (χ2v) is 6.74. The number of hydrogen-bond donors (Lipinski definition) is 2. The Kier molecular flexibility index (Phi) is 3.48. The van der Waals surface area contributed by atoms with Gasteiger partial charge in [0.25, 0.3) is 0 Å². The van der Waals surface area contributed by atoms with Crippen LogP contribution in [0.3, 0.4) is 0 Å². The highest BCUT2D eigenvalue weighted by molar-refractivity contribution is 5.82. The van der Waals surface area contributed by atoms with Crippen molar-refractivity contribution in [2.75, 3.05) is 19.6 Å². The number of nitrogens with zero attached hydrogens (tertiary/aromatic N) is 1. The highest BCUT2D eigenvalue weighted by atomic mass is 15.3. The zero-order valence-electron chi connectivity index (χ0n) is 12.7. The van der Waals surface area contributed by atoms with E-state index in [2.05, 4.69) is 45.7 Å². The summed E-state index contributed by atoms with van der Waals surface area (Å²) in [5.41, 5.74) is 3.13. The lowest BCUT2D eigenvalue weighted by molar-refractivity contribution is 0.0212. The molecule has 2 aliphatic rings. The summed E-state index contributed by atoms with van der Waals surface area (Å²) in [7, 11) is 0. The quantitative estimate of drug-likeness (QED) is 0.886. The first-order chi connectivity index (χ1) is 10.4. The molecule has 21 heavy (non-hydrogen) atoms. The van der Waals surface area contributed by atoms with Crippen LogP contribution in [0.5, 0.6) is 0 Å². The van der Waals surface area contributed by atoms with Crippen molar-refractivity contribution >= 4 is 10.9 Å². The Labute approximate surface area is 126 Å². The minimum absolute atomic E-state index is 0.412. The van der Waals surface area contributed by atoms with Gasteiger partial charge in [-0.1, -0.05) is 37.5 Å². The van der Waals surface area contributed by atoms with E-state index in [1.54, 1.807) is 0 Å². The van der Waals surface area contributed by atoms with Crippen LogP contribution in [0.4, 0.5) is 0 Å². The lowest BCUT2D eigenvalue weighted by Gasteiger charge is -2.50. The molecule has 3 heteroatoms. The first kappa shape index (κ1) is 13.4. The van der Waals surface area contributed by atoms with Crippen molar-refractivity contribution in [1.29, 1.82) is 0 Å². The molecule has 0 unspecified atom stereocenters. The van der Waals surface area contributed by atoms with E-state index in [1.165, 1.54) is 61.7 Å². The fourth-order valence-corrected chi connectivity index (χ4v) is 4.30. The van der Waals surface area contributed by atoms with Gasteiger partial charge in [-0.25, -0.2) is 0 Å². The first-order valence-electron chi connectivity index (χ1n) is 8.38. The predicted molar refractivity (Wildman–Crippen MR) is 87.4 cm³/mol. The molecule has 0 amide bonds. The molecule has 4 rings (SSSR count). The molecule has 0 atom stereocenters. The Bertz CT molecular complexity index is 601. The van der Waals surface area contributed by atoms with Crippen LogP contribution in [0.1, 0.15) is 37.7 Å². The van der Waals surface area contributed by atoms with Crippen LogP contribution in [0.25, 0.3) is 10.9 Å². The molecule has 0 radical (unpaired) electrons. The molecule has 0 bridgehead atoms. The summed E-state index contributed by atoms with van der Waals surface area (Å²) in [6.45, 7) is 4.57. The van der Waals surface area contributed by atoms with E-state index >= 15 is 0 Å². The van der Waals surface area contributed by atoms with E-state index in [4.69, 9.17) is 0 Å². The summed E-state index contributed by atoms with van der Waals surface area (Å²) in [4.78, 5) is 6.19. The number of hydrogen-bond acceptors (Lipinski definition) is 2. The Morgan fingerprint density at radius 3 is 2.86 bits per heavy atom. The molecular formula is C18H25N3. The van der Waals surface area contributed by atoms with Gasteiger partial charge in [0, 0.05) is 48.8 Å². The van der Waals surface area contributed by atoms with Crippen molar-refractivity contribution in [3.8, 4) is 0 Å². The van der Waals surface area contributed by atoms with E-state index in [0.29, 0.717) is 5.54 Å². The highest BCUT2D eigenvalue weighted by Crippen LogP contribution is 2.36. The second-order valence-electron chi connectivity index (χ2n) is 6.74. The predicted octanol–water partition coefficient (Wildman–Crippen LogP) is 3.28. The zero-order valence-corrected chi connectivity index (χ0v) is 12.7. The summed E-state index contributed by atoms with van der Waals surface area (Å²) in [6.07, 6.45) is 9.15. The molecule has 3 nitrogen and oxygen atoms in total. The molecule has 1 aromatic carbocycles. The maximum atomic E-state index is 3.64. The van der Waals surface area contributed by atoms with Crippen LogP contribution in [0.15, 0.2) is 30.5 Å². The van der Waals surface area contributed by atoms with E-state index < -0.39 is 0 Å². The Morgan fingerprint density at radius 1 is 1.10 bits per heavy atom. The fraction of sp³-hybridized carbons (Fsp3) is 0.556. The third-order valence-electron chi connectivity index (χ3n) is 5.50. The van der Waals surface area contributed by atoms with Crippen molar-refractivity contribution in [1.82, 2.24) is 15.2 Å². The summed E-state index contributed by atoms with van der Waals surface area (Å²) in [6, 6.07) is 8.67. The van der Waals surface area contributed by atoms with Crippen molar-refractivity contribution in [2.24, 2.45) is 0 Å². The largest absolute Gasteiger partial charge is 0.361 e. The lowest BCUT2D eigenvalue weighted by atomic mass is 9.79. The minimum Gasteiger partial charge on any atom is -0.361 e. The van der Waals surface area contributed by atoms with Gasteiger partial charge >= 0.3 is 0 Å². The van der Waals surface area contributed by atoms with E-state index in [9.17, 15) is 0 Å². The third-order valence-corrected chi connectivity index (χ3v) is 5.50. The molecule has 2 heterocycles. The van der Waals surface area contributed by atoms with Gasteiger partial charge in [-0.15, -0.1) is 0 Å². The van der Waals surface area contributed by atoms with Gasteiger partial charge in [-0.2, -0.15) is 0 Å². The topological polar surface area (TPSA) is 31.1 Å². The monoisotopic (exact) mass is 283 g/mol. The van der Waals surface area contributed by atoms with Crippen molar-refractivity contribution in [2.45, 2.75) is 44.2 Å². The van der Waals surface area contributed by atoms with E-state index in [-0.39, 0.29) is 0 Å². The van der Waals surface area contributed by atoms with Gasteiger partial charge < -0.3 is 10.3 Å². The number of nitrogens with one attached hydrogen (secondary N) is 2. The van der Waals surface area contributed by atoms with Gasteiger partial charge in [0.05, 0.1) is 0 Å². The molecule has 1 spiro atoms. The first-order valence-corrected chi connectivity index (χ1v) is 8.38. The number of piperazine rings is 1. The maximum Gasteiger partial charge on any atom is 0.0457 e. The number of H-pyrrole nitrogens is 1. The molecule has 1 saturated heterocycles. The van der Waals surface area contributed by atoms with Gasteiger partial charge in [-0.05, 0) is 24.5 Å². The lowest BCUT2D eigenvalue weighted by Crippen LogP contribution is -2.61. The summed E-state index contributed by atoms with van der Waals surface area (Å²) in [5.74, 6) is 0. The smallest absolute Gasteiger partial charge is 0.0457 e. The number of para-hydroxylation sites is 1. The van der Waals surface area contributed by atoms with Crippen LogP contribution in [-0.2, 0) is 6.54 Å². The Hall–Kier alpha value is -1.32. The molecule has 1 aliphatic heterocycles. The molecule has 2 N–H and O–H groups in total. The number of fused-ring (bicyclic) bond motifs is 1. The van der Waals surface area contributed by atoms with Crippen LogP contribution in [-0.4, -0.2) is 35.1 Å². The van der Waals surface area contributed by atoms with Gasteiger partial charge in [-0.3, -0.25) is 4.90 Å². The number of benzene rings is 1. The molecule has 2 aromatic rings. The molecule has 112 valence electrons. The average molecular weight is 283 g/mol. The normalized spacial score (nSPS) is 22.9. The van der Waals surface area contributed by atoms with Crippen LogP contribution < -0.4 is 5.32 Å². The van der Waals surface area contributed by atoms with Crippen molar-refractivity contribution in [3.05, 3.63) is 36.0 Å². The third kappa shape index (κ3) is 2.39. The van der Waals surface area contributed by atoms with Crippen LogP contribution >= 0.6 is 0 Å². The summed E-state index contributed by atoms with van der Waals surface area (Å²) < 4.78 is 0. The van der Waals surface area contributed by atoms with Gasteiger partial charge in [0.15, 0.2) is 0 Å². The summed E-state index contributed by atoms with van der Waals surface area (Å²) in [5, 5.41) is 5.03. The van der Waals surface area contributed by atoms with E-state index in [1.807, 2.05) is 0 Å².